The first-order valence-corrected chi connectivity index (χ1v) is 11.7. The smallest absolute Gasteiger partial charge is 0.233 e. The number of thioether (sulfide) groups is 2. The van der Waals surface area contributed by atoms with Crippen molar-refractivity contribution in [3.05, 3.63) is 53.5 Å². The number of para-hydroxylation sites is 1. The number of amides is 1. The van der Waals surface area contributed by atoms with Gasteiger partial charge in [-0.25, -0.2) is 0 Å². The molecule has 0 N–H and O–H groups in total. The molecule has 3 rings (SSSR count). The highest BCUT2D eigenvalue weighted by atomic mass is 32.2. The minimum Gasteiger partial charge on any atom is -0.493 e. The summed E-state index contributed by atoms with van der Waals surface area (Å²) < 4.78 is 11.6. The Labute approximate surface area is 175 Å². The fourth-order valence-electron chi connectivity index (χ4n) is 3.16. The van der Waals surface area contributed by atoms with Crippen LogP contribution in [0.3, 0.4) is 0 Å². The van der Waals surface area contributed by atoms with Crippen molar-refractivity contribution in [2.75, 3.05) is 38.8 Å². The number of hydrogen-bond acceptors (Lipinski definition) is 6. The van der Waals surface area contributed by atoms with Crippen LogP contribution in [0.15, 0.2) is 40.8 Å². The molecule has 1 aliphatic rings. The van der Waals surface area contributed by atoms with Crippen LogP contribution in [0.1, 0.15) is 29.4 Å². The van der Waals surface area contributed by atoms with E-state index < -0.39 is 0 Å². The van der Waals surface area contributed by atoms with Gasteiger partial charge in [0.1, 0.15) is 22.6 Å². The van der Waals surface area contributed by atoms with E-state index in [0.717, 1.165) is 47.4 Å². The van der Waals surface area contributed by atoms with E-state index in [1.165, 1.54) is 0 Å². The zero-order valence-electron chi connectivity index (χ0n) is 16.7. The Balaban J connectivity index is 1.54. The summed E-state index contributed by atoms with van der Waals surface area (Å²) in [6, 6.07) is 12.1. The molecule has 1 fully saturated rings. The molecule has 152 valence electrons. The molecule has 1 amide bonds. The molecule has 1 aromatic carbocycles. The molecule has 0 bridgehead atoms. The number of rotatable bonds is 10. The van der Waals surface area contributed by atoms with Gasteiger partial charge in [0.15, 0.2) is 0 Å². The van der Waals surface area contributed by atoms with Gasteiger partial charge in [-0.1, -0.05) is 18.2 Å². The highest BCUT2D eigenvalue weighted by Crippen LogP contribution is 2.42. The largest absolute Gasteiger partial charge is 0.493 e. The van der Waals surface area contributed by atoms with Gasteiger partial charge < -0.3 is 19.0 Å². The quantitative estimate of drug-likeness (QED) is 0.536. The molecular formula is C21H28N2O3S2. The van der Waals surface area contributed by atoms with E-state index in [0.29, 0.717) is 12.4 Å². The van der Waals surface area contributed by atoms with Crippen molar-refractivity contribution in [3.8, 4) is 5.75 Å². The Kier molecular flexibility index (Phi) is 7.76. The zero-order valence-corrected chi connectivity index (χ0v) is 18.4. The summed E-state index contributed by atoms with van der Waals surface area (Å²) in [6.07, 6.45) is 0. The minimum atomic E-state index is 0.0335. The summed E-state index contributed by atoms with van der Waals surface area (Å²) in [4.78, 5) is 16.5. The Bertz CT molecular complexity index is 779. The van der Waals surface area contributed by atoms with Crippen molar-refractivity contribution in [2.45, 2.75) is 24.6 Å². The third-order valence-electron chi connectivity index (χ3n) is 4.36. The van der Waals surface area contributed by atoms with Crippen LogP contribution in [-0.4, -0.2) is 54.5 Å². The Morgan fingerprint density at radius 1 is 1.25 bits per heavy atom. The first kappa shape index (κ1) is 21.1. The molecule has 0 aliphatic carbocycles. The summed E-state index contributed by atoms with van der Waals surface area (Å²) in [5.74, 6) is 5.28. The van der Waals surface area contributed by atoms with E-state index in [-0.39, 0.29) is 11.3 Å². The van der Waals surface area contributed by atoms with Crippen LogP contribution in [0.4, 0.5) is 0 Å². The van der Waals surface area contributed by atoms with Crippen LogP contribution in [-0.2, 0) is 17.1 Å². The Morgan fingerprint density at radius 3 is 2.82 bits per heavy atom. The van der Waals surface area contributed by atoms with E-state index >= 15 is 0 Å². The van der Waals surface area contributed by atoms with Gasteiger partial charge in [-0.3, -0.25) is 4.79 Å². The molecule has 2 heterocycles. The Hall–Kier alpha value is -1.57. The van der Waals surface area contributed by atoms with E-state index in [2.05, 4.69) is 11.0 Å². The number of benzene rings is 1. The van der Waals surface area contributed by atoms with E-state index in [9.17, 15) is 4.79 Å². The third-order valence-corrected chi connectivity index (χ3v) is 6.56. The molecule has 0 radical (unpaired) electrons. The summed E-state index contributed by atoms with van der Waals surface area (Å²) in [6.45, 7) is 4.14. The third kappa shape index (κ3) is 5.49. The van der Waals surface area contributed by atoms with Crippen LogP contribution >= 0.6 is 23.5 Å². The fourth-order valence-corrected chi connectivity index (χ4v) is 5.23. The topological polar surface area (TPSA) is 45.9 Å². The number of carbonyl (C=O) groups excluding carboxylic acids is 1. The van der Waals surface area contributed by atoms with E-state index in [1.54, 1.807) is 23.5 Å². The average Bonchev–Trinajstić information content (AvgIpc) is 3.26. The molecule has 1 saturated heterocycles. The summed E-state index contributed by atoms with van der Waals surface area (Å²) in [7, 11) is 4.06. The molecule has 7 heteroatoms. The lowest BCUT2D eigenvalue weighted by atomic mass is 10.2. The van der Waals surface area contributed by atoms with Crippen molar-refractivity contribution in [1.29, 1.82) is 0 Å². The molecule has 1 unspecified atom stereocenters. The zero-order chi connectivity index (χ0) is 19.9. The van der Waals surface area contributed by atoms with E-state index in [4.69, 9.17) is 9.15 Å². The number of ether oxygens (including phenoxy) is 1. The van der Waals surface area contributed by atoms with Gasteiger partial charge in [-0.05, 0) is 39.2 Å². The number of carbonyl (C=O) groups is 1. The highest BCUT2D eigenvalue weighted by Gasteiger charge is 2.34. The lowest BCUT2D eigenvalue weighted by molar-refractivity contribution is -0.127. The maximum atomic E-state index is 12.4. The number of hydrogen-bond donors (Lipinski definition) is 0. The molecular weight excluding hydrogens is 392 g/mol. The number of furan rings is 1. The van der Waals surface area contributed by atoms with Gasteiger partial charge in [0.25, 0.3) is 0 Å². The Morgan fingerprint density at radius 2 is 2.04 bits per heavy atom. The van der Waals surface area contributed by atoms with E-state index in [1.807, 2.05) is 56.3 Å². The van der Waals surface area contributed by atoms with Crippen molar-refractivity contribution in [2.24, 2.45) is 0 Å². The predicted molar refractivity (Wildman–Crippen MR) is 117 cm³/mol. The molecule has 1 aromatic heterocycles. The molecule has 2 aromatic rings. The molecule has 5 nitrogen and oxygen atoms in total. The van der Waals surface area contributed by atoms with Crippen LogP contribution < -0.4 is 4.74 Å². The van der Waals surface area contributed by atoms with Gasteiger partial charge >= 0.3 is 0 Å². The monoisotopic (exact) mass is 420 g/mol. The lowest BCUT2D eigenvalue weighted by Crippen LogP contribution is -2.30. The van der Waals surface area contributed by atoms with Crippen LogP contribution in [0.25, 0.3) is 0 Å². The summed E-state index contributed by atoms with van der Waals surface area (Å²) in [5.41, 5.74) is 1.09. The molecule has 1 atom stereocenters. The second-order valence-corrected chi connectivity index (χ2v) is 9.05. The van der Waals surface area contributed by atoms with Crippen LogP contribution in [0, 0.1) is 0 Å². The number of nitrogens with zero attached hydrogens (tertiary/aromatic N) is 2. The second-order valence-electron chi connectivity index (χ2n) is 6.88. The first-order chi connectivity index (χ1) is 13.6. The highest BCUT2D eigenvalue weighted by molar-refractivity contribution is 8.00. The maximum absolute atomic E-state index is 12.4. The second kappa shape index (κ2) is 10.3. The lowest BCUT2D eigenvalue weighted by Gasteiger charge is -2.25. The molecule has 28 heavy (non-hydrogen) atoms. The SMILES string of the molecule is CCOc1ccccc1C1SCC(=O)N1CCSCc1ccc(CN(C)C)o1. The van der Waals surface area contributed by atoms with Gasteiger partial charge in [0, 0.05) is 17.9 Å². The summed E-state index contributed by atoms with van der Waals surface area (Å²) in [5, 5.41) is 0.0335. The molecule has 0 spiro atoms. The van der Waals surface area contributed by atoms with Gasteiger partial charge in [0.2, 0.25) is 5.91 Å². The normalized spacial score (nSPS) is 16.9. The van der Waals surface area contributed by atoms with Crippen molar-refractivity contribution in [3.63, 3.8) is 0 Å². The average molecular weight is 421 g/mol. The van der Waals surface area contributed by atoms with Crippen molar-refractivity contribution >= 4 is 29.4 Å². The summed E-state index contributed by atoms with van der Waals surface area (Å²) >= 11 is 3.48. The van der Waals surface area contributed by atoms with Crippen LogP contribution in [0.5, 0.6) is 5.75 Å². The standard InChI is InChI=1S/C21H28N2O3S2/c1-4-25-19-8-6-5-7-18(19)21-23(20(24)15-28-21)11-12-27-14-17-10-9-16(26-17)13-22(2)3/h5-10,21H,4,11-15H2,1-3H3. The first-order valence-electron chi connectivity index (χ1n) is 9.51. The van der Waals surface area contributed by atoms with Crippen LogP contribution in [0.2, 0.25) is 0 Å². The predicted octanol–water partition coefficient (Wildman–Crippen LogP) is 4.25. The fraction of sp³-hybridized carbons (Fsp3) is 0.476. The van der Waals surface area contributed by atoms with Gasteiger partial charge in [0.05, 0.1) is 24.7 Å². The molecule has 0 saturated carbocycles. The van der Waals surface area contributed by atoms with Gasteiger partial charge in [-0.15, -0.1) is 11.8 Å². The minimum absolute atomic E-state index is 0.0335. The van der Waals surface area contributed by atoms with Crippen molar-refractivity contribution in [1.82, 2.24) is 9.80 Å². The maximum Gasteiger partial charge on any atom is 0.233 e. The van der Waals surface area contributed by atoms with Crippen molar-refractivity contribution < 1.29 is 13.9 Å². The van der Waals surface area contributed by atoms with Gasteiger partial charge in [-0.2, -0.15) is 11.8 Å². The molecule has 1 aliphatic heterocycles.